The maximum atomic E-state index is 5.53. The summed E-state index contributed by atoms with van der Waals surface area (Å²) >= 11 is 4.01. The molecule has 0 bridgehead atoms. The Morgan fingerprint density at radius 2 is 2.21 bits per heavy atom. The van der Waals surface area contributed by atoms with Gasteiger partial charge in [-0.3, -0.25) is 0 Å². The van der Waals surface area contributed by atoms with Gasteiger partial charge in [-0.2, -0.15) is 0 Å². The number of pyridine rings is 1. The Morgan fingerprint density at radius 3 is 2.86 bits per heavy atom. The van der Waals surface area contributed by atoms with Gasteiger partial charge in [-0.15, -0.1) is 11.7 Å². The Balaban J connectivity index is 2.39. The van der Waals surface area contributed by atoms with E-state index in [1.165, 1.54) is 17.1 Å². The van der Waals surface area contributed by atoms with Crippen LogP contribution in [-0.2, 0) is 0 Å². The van der Waals surface area contributed by atoms with Crippen molar-refractivity contribution < 1.29 is 4.42 Å². The van der Waals surface area contributed by atoms with Gasteiger partial charge in [0.2, 0.25) is 5.89 Å². The van der Waals surface area contributed by atoms with E-state index in [-0.39, 0.29) is 0 Å². The molecular weight excluding hydrogens is 218 g/mol. The number of nitrogens with two attached hydrogens (primary N) is 1. The highest BCUT2D eigenvalue weighted by atomic mass is 33.1. The van der Waals surface area contributed by atoms with Crippen molar-refractivity contribution in [3.05, 3.63) is 24.5 Å². The molecule has 0 aliphatic rings. The lowest BCUT2D eigenvalue weighted by Crippen LogP contribution is -1.91. The molecule has 0 unspecified atom stereocenters. The van der Waals surface area contributed by atoms with Crippen LogP contribution in [0.25, 0.3) is 11.6 Å². The van der Waals surface area contributed by atoms with Crippen molar-refractivity contribution in [2.75, 3.05) is 5.73 Å². The van der Waals surface area contributed by atoms with Crippen molar-refractivity contribution in [2.45, 2.75) is 5.03 Å². The van der Waals surface area contributed by atoms with Gasteiger partial charge in [-0.25, -0.2) is 9.97 Å². The molecule has 0 spiro atoms. The third kappa shape index (κ3) is 1.85. The van der Waals surface area contributed by atoms with Crippen molar-refractivity contribution >= 4 is 28.3 Å². The highest BCUT2D eigenvalue weighted by molar-refractivity contribution is 8.68. The first-order valence-corrected chi connectivity index (χ1v) is 5.66. The van der Waals surface area contributed by atoms with Crippen LogP contribution in [-0.4, -0.2) is 9.97 Å². The summed E-state index contributed by atoms with van der Waals surface area (Å²) in [5.41, 5.74) is 6.16. The lowest BCUT2D eigenvalue weighted by Gasteiger charge is -1.94. The van der Waals surface area contributed by atoms with Gasteiger partial charge in [0.25, 0.3) is 0 Å². The second kappa shape index (κ2) is 3.93. The third-order valence-electron chi connectivity index (χ3n) is 1.57. The molecule has 0 saturated carbocycles. The molecule has 2 heterocycles. The second-order valence-electron chi connectivity index (χ2n) is 2.53. The van der Waals surface area contributed by atoms with Crippen molar-refractivity contribution in [1.29, 1.82) is 0 Å². The zero-order chi connectivity index (χ0) is 9.97. The average molecular weight is 225 g/mol. The molecule has 0 aromatic carbocycles. The van der Waals surface area contributed by atoms with E-state index in [9.17, 15) is 0 Å². The average Bonchev–Trinajstić information content (AvgIpc) is 2.66. The van der Waals surface area contributed by atoms with Crippen LogP contribution < -0.4 is 5.73 Å². The zero-order valence-electron chi connectivity index (χ0n) is 7.04. The summed E-state index contributed by atoms with van der Waals surface area (Å²) < 4.78 is 5.20. The van der Waals surface area contributed by atoms with E-state index in [1.807, 2.05) is 0 Å². The minimum Gasteiger partial charge on any atom is -0.442 e. The van der Waals surface area contributed by atoms with E-state index in [1.54, 1.807) is 18.2 Å². The third-order valence-corrected chi connectivity index (χ3v) is 2.50. The molecule has 72 valence electrons. The van der Waals surface area contributed by atoms with Gasteiger partial charge in [-0.1, -0.05) is 6.07 Å². The SMILES string of the molecule is Nc1cccc(-c2nc(SS)co2)n1. The Labute approximate surface area is 89.7 Å². The Kier molecular flexibility index (Phi) is 2.64. The number of nitrogen functional groups attached to an aromatic ring is 1. The number of anilines is 1. The Morgan fingerprint density at radius 1 is 1.36 bits per heavy atom. The van der Waals surface area contributed by atoms with Gasteiger partial charge in [0.1, 0.15) is 22.8 Å². The van der Waals surface area contributed by atoms with Gasteiger partial charge in [0.05, 0.1) is 0 Å². The number of hydrogen-bond acceptors (Lipinski definition) is 6. The minimum absolute atomic E-state index is 0.445. The predicted octanol–water partition coefficient (Wildman–Crippen LogP) is 2.26. The van der Waals surface area contributed by atoms with Crippen LogP contribution in [0.2, 0.25) is 0 Å². The fraction of sp³-hybridized carbons (Fsp3) is 0. The molecule has 0 radical (unpaired) electrons. The highest BCUT2D eigenvalue weighted by Gasteiger charge is 2.07. The van der Waals surface area contributed by atoms with Crippen LogP contribution in [0.4, 0.5) is 5.82 Å². The van der Waals surface area contributed by atoms with Crippen molar-refractivity contribution in [2.24, 2.45) is 0 Å². The van der Waals surface area contributed by atoms with Crippen molar-refractivity contribution in [3.63, 3.8) is 0 Å². The molecule has 0 atom stereocenters. The standard InChI is InChI=1S/C8H7N3OS2/c9-6-3-1-2-5(10-6)8-11-7(14-13)4-12-8/h1-4,13H,(H2,9,10). The van der Waals surface area contributed by atoms with Gasteiger partial charge in [-0.05, 0) is 22.9 Å². The molecule has 14 heavy (non-hydrogen) atoms. The largest absolute Gasteiger partial charge is 0.442 e. The maximum Gasteiger partial charge on any atom is 0.246 e. The van der Waals surface area contributed by atoms with Crippen LogP contribution in [0.15, 0.2) is 33.9 Å². The molecule has 0 fully saturated rings. The molecule has 2 aromatic heterocycles. The summed E-state index contributed by atoms with van der Waals surface area (Å²) in [6.07, 6.45) is 1.53. The highest BCUT2D eigenvalue weighted by Crippen LogP contribution is 2.24. The first-order chi connectivity index (χ1) is 6.79. The topological polar surface area (TPSA) is 64.9 Å². The fourth-order valence-corrected chi connectivity index (χ4v) is 1.46. The molecule has 0 aliphatic carbocycles. The van der Waals surface area contributed by atoms with E-state index < -0.39 is 0 Å². The summed E-state index contributed by atoms with van der Waals surface area (Å²) in [5.74, 6) is 0.898. The van der Waals surface area contributed by atoms with Crippen LogP contribution >= 0.6 is 22.5 Å². The molecule has 2 N–H and O–H groups in total. The van der Waals surface area contributed by atoms with E-state index >= 15 is 0 Å². The Bertz CT molecular complexity index is 444. The lowest BCUT2D eigenvalue weighted by atomic mass is 10.3. The van der Waals surface area contributed by atoms with Crippen LogP contribution in [0.5, 0.6) is 0 Å². The quantitative estimate of drug-likeness (QED) is 0.606. The lowest BCUT2D eigenvalue weighted by molar-refractivity contribution is 0.569. The number of hydrogen-bond donors (Lipinski definition) is 2. The summed E-state index contributed by atoms with van der Waals surface area (Å²) in [4.78, 5) is 8.22. The monoisotopic (exact) mass is 225 g/mol. The maximum absolute atomic E-state index is 5.53. The number of rotatable bonds is 2. The summed E-state index contributed by atoms with van der Waals surface area (Å²) in [7, 11) is 1.22. The van der Waals surface area contributed by atoms with Crippen LogP contribution in [0.3, 0.4) is 0 Å². The number of aromatic nitrogens is 2. The van der Waals surface area contributed by atoms with Crippen LogP contribution in [0.1, 0.15) is 0 Å². The van der Waals surface area contributed by atoms with Gasteiger partial charge in [0, 0.05) is 0 Å². The molecular formula is C8H7N3OS2. The molecule has 4 nitrogen and oxygen atoms in total. The van der Waals surface area contributed by atoms with Gasteiger partial charge >= 0.3 is 0 Å². The molecule has 2 aromatic rings. The van der Waals surface area contributed by atoms with E-state index in [0.717, 1.165) is 0 Å². The van der Waals surface area contributed by atoms with Gasteiger partial charge in [0.15, 0.2) is 0 Å². The normalized spacial score (nSPS) is 10.4. The Hall–Kier alpha value is -1.14. The van der Waals surface area contributed by atoms with Crippen molar-refractivity contribution in [1.82, 2.24) is 9.97 Å². The molecule has 2 rings (SSSR count). The van der Waals surface area contributed by atoms with Crippen LogP contribution in [0, 0.1) is 0 Å². The summed E-state index contributed by atoms with van der Waals surface area (Å²) in [6, 6.07) is 5.30. The van der Waals surface area contributed by atoms with E-state index in [4.69, 9.17) is 10.2 Å². The molecule has 6 heteroatoms. The first-order valence-electron chi connectivity index (χ1n) is 3.79. The minimum atomic E-state index is 0.445. The van der Waals surface area contributed by atoms with E-state index in [0.29, 0.717) is 22.4 Å². The predicted molar refractivity (Wildman–Crippen MR) is 59.0 cm³/mol. The number of nitrogens with zero attached hydrogens (tertiary/aromatic N) is 2. The fourth-order valence-electron chi connectivity index (χ4n) is 0.989. The summed E-state index contributed by atoms with van der Waals surface area (Å²) in [6.45, 7) is 0. The smallest absolute Gasteiger partial charge is 0.246 e. The number of thiol groups is 1. The molecule has 0 saturated heterocycles. The first kappa shape index (κ1) is 9.42. The number of oxazole rings is 1. The van der Waals surface area contributed by atoms with E-state index in [2.05, 4.69) is 21.6 Å². The van der Waals surface area contributed by atoms with Crippen molar-refractivity contribution in [3.8, 4) is 11.6 Å². The second-order valence-corrected chi connectivity index (χ2v) is 3.68. The zero-order valence-corrected chi connectivity index (χ0v) is 8.76. The molecule has 0 aliphatic heterocycles. The summed E-state index contributed by atoms with van der Waals surface area (Å²) in [5, 5.41) is 0.701. The molecule has 0 amide bonds. The van der Waals surface area contributed by atoms with Gasteiger partial charge < -0.3 is 10.2 Å².